The number of carbonyl (C=O) groups is 3. The van der Waals surface area contributed by atoms with Crippen LogP contribution in [0.5, 0.6) is 0 Å². The van der Waals surface area contributed by atoms with Crippen molar-refractivity contribution in [3.63, 3.8) is 0 Å². The molecule has 0 aliphatic heterocycles. The normalized spacial score (nSPS) is 12.9. The second-order valence-electron chi connectivity index (χ2n) is 15.8. The molecule has 0 aromatic carbocycles. The van der Waals surface area contributed by atoms with E-state index in [1.807, 2.05) is 6.08 Å². The summed E-state index contributed by atoms with van der Waals surface area (Å²) in [6.45, 7) is 4.82. The fraction of sp³-hybridized carbons (Fsp3) is 0.812. The highest BCUT2D eigenvalue weighted by Crippen LogP contribution is 2.17. The maximum Gasteiger partial charge on any atom is 0.326 e. The van der Waals surface area contributed by atoms with E-state index in [0.717, 1.165) is 57.8 Å². The summed E-state index contributed by atoms with van der Waals surface area (Å²) in [5.74, 6) is -1.36. The Balaban J connectivity index is 4.10. The van der Waals surface area contributed by atoms with Gasteiger partial charge in [0.1, 0.15) is 12.1 Å². The molecule has 55 heavy (non-hydrogen) atoms. The molecule has 320 valence electrons. The number of aliphatic carboxylic acids is 1. The third kappa shape index (κ3) is 39.6. The highest BCUT2D eigenvalue weighted by Gasteiger charge is 2.19. The van der Waals surface area contributed by atoms with E-state index in [-0.39, 0.29) is 18.0 Å². The van der Waals surface area contributed by atoms with Crippen LogP contribution in [0.2, 0.25) is 0 Å². The summed E-state index contributed by atoms with van der Waals surface area (Å²) in [6.07, 6.45) is 50.9. The van der Waals surface area contributed by atoms with E-state index < -0.39 is 12.0 Å². The van der Waals surface area contributed by atoms with Crippen LogP contribution in [0.4, 0.5) is 0 Å². The van der Waals surface area contributed by atoms with Gasteiger partial charge in [0.25, 0.3) is 0 Å². The van der Waals surface area contributed by atoms with Crippen LogP contribution in [0.1, 0.15) is 232 Å². The molecule has 0 rings (SSSR count). The van der Waals surface area contributed by atoms with Crippen LogP contribution in [0.25, 0.3) is 0 Å². The second kappa shape index (κ2) is 42.7. The number of carbonyl (C=O) groups excluding carboxylic acids is 2. The number of carboxylic acids is 1. The topological polar surface area (TPSA) is 119 Å². The number of esters is 1. The molecule has 1 amide bonds. The van der Waals surface area contributed by atoms with Crippen molar-refractivity contribution in [2.24, 2.45) is 5.73 Å². The molecule has 0 aromatic rings. The number of nitrogens with one attached hydrogen (secondary N) is 1. The van der Waals surface area contributed by atoms with Gasteiger partial charge in [-0.1, -0.05) is 192 Å². The second-order valence-corrected chi connectivity index (χ2v) is 15.8. The summed E-state index contributed by atoms with van der Waals surface area (Å²) in [6, 6.07) is -0.876. The van der Waals surface area contributed by atoms with Gasteiger partial charge in [0, 0.05) is 12.8 Å². The zero-order valence-electron chi connectivity index (χ0n) is 36.0. The Morgan fingerprint density at radius 3 is 1.45 bits per heavy atom. The van der Waals surface area contributed by atoms with Crippen LogP contribution in [-0.2, 0) is 19.1 Å². The Labute approximate surface area is 339 Å². The molecule has 2 unspecified atom stereocenters. The maximum absolute atomic E-state index is 12.7. The van der Waals surface area contributed by atoms with Gasteiger partial charge < -0.3 is 20.9 Å². The molecule has 0 aliphatic rings. The summed E-state index contributed by atoms with van der Waals surface area (Å²) >= 11 is 0. The van der Waals surface area contributed by atoms with Crippen molar-refractivity contribution in [3.05, 3.63) is 36.5 Å². The molecular weight excluding hydrogens is 685 g/mol. The highest BCUT2D eigenvalue weighted by atomic mass is 16.5. The van der Waals surface area contributed by atoms with Gasteiger partial charge in [-0.3, -0.25) is 9.59 Å². The first-order valence-electron chi connectivity index (χ1n) is 23.3. The first-order chi connectivity index (χ1) is 26.9. The Morgan fingerprint density at radius 2 is 0.982 bits per heavy atom. The standard InChI is InChI=1S/C48H88N2O5/c1-3-5-7-9-11-13-14-15-16-17-18-19-20-21-22-23-24-25-26-28-30-36-42-47(52)55-44(38-33-29-27-12-10-8-6-4-2)39-34-31-32-35-41-46(51)50-45(48(53)54)40-37-43-49/h6,8,12,27,33,38,44-45H,3-5,7,9-11,13-26,28-32,34-37,39-43,49H2,1-2H3,(H,50,51)(H,53,54)/b8-6-,27-12-,38-33-. The predicted molar refractivity (Wildman–Crippen MR) is 234 cm³/mol. The van der Waals surface area contributed by atoms with Gasteiger partial charge in [0.05, 0.1) is 0 Å². The molecule has 7 heteroatoms. The molecule has 7 nitrogen and oxygen atoms in total. The van der Waals surface area contributed by atoms with Gasteiger partial charge in [-0.15, -0.1) is 0 Å². The fourth-order valence-electron chi connectivity index (χ4n) is 6.97. The lowest BCUT2D eigenvalue weighted by atomic mass is 10.0. The number of amides is 1. The fourth-order valence-corrected chi connectivity index (χ4v) is 6.97. The Morgan fingerprint density at radius 1 is 0.545 bits per heavy atom. The number of rotatable bonds is 42. The van der Waals surface area contributed by atoms with E-state index >= 15 is 0 Å². The van der Waals surface area contributed by atoms with Gasteiger partial charge in [-0.25, -0.2) is 4.79 Å². The van der Waals surface area contributed by atoms with E-state index in [1.165, 1.54) is 128 Å². The summed E-state index contributed by atoms with van der Waals surface area (Å²) in [5, 5.41) is 11.9. The monoisotopic (exact) mass is 773 g/mol. The highest BCUT2D eigenvalue weighted by molar-refractivity contribution is 5.83. The van der Waals surface area contributed by atoms with Crippen molar-refractivity contribution in [1.29, 1.82) is 0 Å². The lowest BCUT2D eigenvalue weighted by Crippen LogP contribution is -2.40. The van der Waals surface area contributed by atoms with Crippen LogP contribution < -0.4 is 11.1 Å². The maximum atomic E-state index is 12.7. The van der Waals surface area contributed by atoms with Crippen molar-refractivity contribution in [1.82, 2.24) is 5.32 Å². The van der Waals surface area contributed by atoms with E-state index in [1.54, 1.807) is 0 Å². The number of carboxylic acid groups (broad SMARTS) is 1. The van der Waals surface area contributed by atoms with Crippen molar-refractivity contribution in [2.45, 2.75) is 244 Å². The quantitative estimate of drug-likeness (QED) is 0.0323. The first-order valence-corrected chi connectivity index (χ1v) is 23.3. The molecule has 0 bridgehead atoms. The predicted octanol–water partition coefficient (Wildman–Crippen LogP) is 13.4. The molecule has 0 saturated heterocycles. The molecule has 0 aliphatic carbocycles. The van der Waals surface area contributed by atoms with Gasteiger partial charge in [0.2, 0.25) is 5.91 Å². The number of nitrogens with two attached hydrogens (primary N) is 1. The first kappa shape index (κ1) is 52.6. The molecule has 0 radical (unpaired) electrons. The third-order valence-corrected chi connectivity index (χ3v) is 10.5. The van der Waals surface area contributed by atoms with Crippen molar-refractivity contribution in [2.75, 3.05) is 6.54 Å². The SMILES string of the molecule is CC/C=C\C/C=C\C/C=C\C(CCCCCCC(=O)NC(CCCN)C(=O)O)OC(=O)CCCCCCCCCCCCCCCCCCCCCCCC. The molecule has 0 saturated carbocycles. The number of allylic oxidation sites excluding steroid dienone is 5. The van der Waals surface area contributed by atoms with E-state index in [0.29, 0.717) is 38.6 Å². The van der Waals surface area contributed by atoms with Gasteiger partial charge in [-0.05, 0) is 70.4 Å². The Kier molecular flexibility index (Phi) is 40.9. The zero-order chi connectivity index (χ0) is 40.3. The van der Waals surface area contributed by atoms with Gasteiger partial charge in [-0.2, -0.15) is 0 Å². The van der Waals surface area contributed by atoms with Gasteiger partial charge >= 0.3 is 11.9 Å². The Bertz CT molecular complexity index is 962. The molecule has 0 fully saturated rings. The Hall–Kier alpha value is -2.41. The average Bonchev–Trinajstić information content (AvgIpc) is 3.17. The number of unbranched alkanes of at least 4 members (excludes halogenated alkanes) is 24. The summed E-state index contributed by atoms with van der Waals surface area (Å²) < 4.78 is 5.91. The number of ether oxygens (including phenoxy) is 1. The molecule has 0 aromatic heterocycles. The van der Waals surface area contributed by atoms with E-state index in [9.17, 15) is 19.5 Å². The van der Waals surface area contributed by atoms with Crippen LogP contribution in [0, 0.1) is 0 Å². The number of hydrogen-bond donors (Lipinski definition) is 3. The van der Waals surface area contributed by atoms with E-state index in [4.69, 9.17) is 10.5 Å². The molecular formula is C48H88N2O5. The lowest BCUT2D eigenvalue weighted by molar-refractivity contribution is -0.147. The minimum absolute atomic E-state index is 0.109. The number of hydrogen-bond acceptors (Lipinski definition) is 5. The largest absolute Gasteiger partial charge is 0.480 e. The summed E-state index contributed by atoms with van der Waals surface area (Å²) in [7, 11) is 0. The molecule has 2 atom stereocenters. The summed E-state index contributed by atoms with van der Waals surface area (Å²) in [4.78, 5) is 36.3. The van der Waals surface area contributed by atoms with Crippen molar-refractivity contribution >= 4 is 17.8 Å². The minimum atomic E-state index is -1.02. The van der Waals surface area contributed by atoms with Crippen LogP contribution in [0.3, 0.4) is 0 Å². The minimum Gasteiger partial charge on any atom is -0.480 e. The van der Waals surface area contributed by atoms with E-state index in [2.05, 4.69) is 49.5 Å². The molecule has 0 spiro atoms. The summed E-state index contributed by atoms with van der Waals surface area (Å²) in [5.41, 5.74) is 5.48. The lowest BCUT2D eigenvalue weighted by Gasteiger charge is -2.15. The average molecular weight is 773 g/mol. The molecule has 4 N–H and O–H groups in total. The van der Waals surface area contributed by atoms with Crippen LogP contribution >= 0.6 is 0 Å². The van der Waals surface area contributed by atoms with Crippen LogP contribution in [-0.4, -0.2) is 41.6 Å². The third-order valence-electron chi connectivity index (χ3n) is 10.5. The van der Waals surface area contributed by atoms with Crippen LogP contribution in [0.15, 0.2) is 36.5 Å². The molecule has 0 heterocycles. The smallest absolute Gasteiger partial charge is 0.326 e. The van der Waals surface area contributed by atoms with Gasteiger partial charge in [0.15, 0.2) is 0 Å². The van der Waals surface area contributed by atoms with Crippen molar-refractivity contribution < 1.29 is 24.2 Å². The van der Waals surface area contributed by atoms with Crippen molar-refractivity contribution in [3.8, 4) is 0 Å². The zero-order valence-corrected chi connectivity index (χ0v) is 36.0.